The lowest BCUT2D eigenvalue weighted by Crippen LogP contribution is -2.38. The highest BCUT2D eigenvalue weighted by Crippen LogP contribution is 2.19. The van der Waals surface area contributed by atoms with E-state index < -0.39 is 23.0 Å². The minimum Gasteiger partial charge on any atom is -0.484 e. The molecular formula is C13H16F3N3O3S. The first-order valence-electron chi connectivity index (χ1n) is 6.50. The molecule has 0 heterocycles. The van der Waals surface area contributed by atoms with Crippen molar-refractivity contribution < 1.29 is 26.3 Å². The van der Waals surface area contributed by atoms with Crippen molar-refractivity contribution in [2.24, 2.45) is 0 Å². The zero-order chi connectivity index (χ0) is 17.5. The van der Waals surface area contributed by atoms with E-state index >= 15 is 0 Å². The molecule has 0 aromatic heterocycles. The molecule has 0 fully saturated rings. The number of nitrogens with zero attached hydrogens (tertiary/aromatic N) is 2. The molecule has 1 aromatic carbocycles. The summed E-state index contributed by atoms with van der Waals surface area (Å²) in [5.74, 6) is -0.00291. The molecule has 6 nitrogen and oxygen atoms in total. The van der Waals surface area contributed by atoms with Crippen LogP contribution in [0.2, 0.25) is 0 Å². The first kappa shape index (κ1) is 19.2. The van der Waals surface area contributed by atoms with E-state index in [2.05, 4.69) is 9.46 Å². The van der Waals surface area contributed by atoms with E-state index in [9.17, 15) is 21.6 Å². The number of alkyl halides is 3. The van der Waals surface area contributed by atoms with Gasteiger partial charge in [0.2, 0.25) is 0 Å². The summed E-state index contributed by atoms with van der Waals surface area (Å²) in [5.41, 5.74) is 0.446. The third-order valence-electron chi connectivity index (χ3n) is 2.71. The van der Waals surface area contributed by atoms with Crippen molar-refractivity contribution >= 4 is 10.2 Å². The van der Waals surface area contributed by atoms with Gasteiger partial charge in [0.15, 0.2) is 6.61 Å². The Hall–Kier alpha value is -1.83. The molecule has 1 N–H and O–H groups in total. The van der Waals surface area contributed by atoms with Gasteiger partial charge in [0, 0.05) is 26.6 Å². The van der Waals surface area contributed by atoms with E-state index in [1.165, 1.54) is 25.2 Å². The van der Waals surface area contributed by atoms with Gasteiger partial charge in [0.25, 0.3) is 10.2 Å². The highest BCUT2D eigenvalue weighted by molar-refractivity contribution is 7.87. The van der Waals surface area contributed by atoms with Gasteiger partial charge < -0.3 is 4.74 Å². The quantitative estimate of drug-likeness (QED) is 0.774. The molecule has 0 saturated heterocycles. The van der Waals surface area contributed by atoms with Crippen LogP contribution in [0.15, 0.2) is 24.3 Å². The maximum Gasteiger partial charge on any atom is 0.422 e. The number of halogens is 3. The molecule has 0 aliphatic carbocycles. The van der Waals surface area contributed by atoms with Crippen LogP contribution in [0.4, 0.5) is 13.2 Å². The van der Waals surface area contributed by atoms with E-state index in [1.54, 1.807) is 6.07 Å². The molecule has 10 heteroatoms. The van der Waals surface area contributed by atoms with Gasteiger partial charge in [-0.15, -0.1) is 0 Å². The third-order valence-corrected chi connectivity index (χ3v) is 4.22. The second kappa shape index (κ2) is 8.14. The lowest BCUT2D eigenvalue weighted by Gasteiger charge is -2.16. The predicted octanol–water partition coefficient (Wildman–Crippen LogP) is 1.81. The highest BCUT2D eigenvalue weighted by atomic mass is 32.2. The van der Waals surface area contributed by atoms with Gasteiger partial charge in [-0.2, -0.15) is 35.9 Å². The monoisotopic (exact) mass is 351 g/mol. The predicted molar refractivity (Wildman–Crippen MR) is 76.6 cm³/mol. The van der Waals surface area contributed by atoms with Gasteiger partial charge in [-0.25, -0.2) is 0 Å². The first-order chi connectivity index (χ1) is 10.6. The number of hydrogen-bond acceptors (Lipinski definition) is 4. The Morgan fingerprint density at radius 2 is 2.09 bits per heavy atom. The molecule has 1 rings (SSSR count). The summed E-state index contributed by atoms with van der Waals surface area (Å²) in [4.78, 5) is 0. The fraction of sp³-hybridized carbons (Fsp3) is 0.462. The number of rotatable bonds is 8. The summed E-state index contributed by atoms with van der Waals surface area (Å²) in [6.45, 7) is -1.48. The number of nitriles is 1. The standard InChI is InChI=1S/C13H16F3N3O3S/c1-19(7-3-6-17)23(20,21)18-9-11-4-2-5-12(8-11)22-10-13(14,15)16/h2,4-5,8,18H,3,7,9-10H2,1H3. The lowest BCUT2D eigenvalue weighted by atomic mass is 10.2. The van der Waals surface area contributed by atoms with E-state index in [4.69, 9.17) is 5.26 Å². The fourth-order valence-electron chi connectivity index (χ4n) is 1.52. The topological polar surface area (TPSA) is 82.4 Å². The van der Waals surface area contributed by atoms with Crippen LogP contribution in [0, 0.1) is 11.3 Å². The smallest absolute Gasteiger partial charge is 0.422 e. The van der Waals surface area contributed by atoms with Crippen LogP contribution in [-0.4, -0.2) is 39.1 Å². The van der Waals surface area contributed by atoms with Crippen LogP contribution in [-0.2, 0) is 16.8 Å². The number of ether oxygens (including phenoxy) is 1. The number of benzene rings is 1. The lowest BCUT2D eigenvalue weighted by molar-refractivity contribution is -0.153. The minimum absolute atomic E-state index is 0.00291. The van der Waals surface area contributed by atoms with Crippen LogP contribution in [0.3, 0.4) is 0 Å². The second-order valence-corrected chi connectivity index (χ2v) is 6.47. The maximum atomic E-state index is 12.1. The van der Waals surface area contributed by atoms with Crippen molar-refractivity contribution in [3.05, 3.63) is 29.8 Å². The zero-order valence-electron chi connectivity index (χ0n) is 12.3. The number of hydrogen-bond donors (Lipinski definition) is 1. The van der Waals surface area contributed by atoms with Crippen molar-refractivity contribution in [3.63, 3.8) is 0 Å². The van der Waals surface area contributed by atoms with Crippen molar-refractivity contribution in [2.45, 2.75) is 19.1 Å². The summed E-state index contributed by atoms with van der Waals surface area (Å²) >= 11 is 0. The molecule has 0 radical (unpaired) electrons. The Bertz CT molecular complexity index is 656. The van der Waals surface area contributed by atoms with Crippen molar-refractivity contribution in [2.75, 3.05) is 20.2 Å². The Morgan fingerprint density at radius 3 is 2.70 bits per heavy atom. The van der Waals surface area contributed by atoms with Crippen molar-refractivity contribution in [1.29, 1.82) is 5.26 Å². The van der Waals surface area contributed by atoms with Crippen LogP contribution >= 0.6 is 0 Å². The molecule has 23 heavy (non-hydrogen) atoms. The molecule has 128 valence electrons. The maximum absolute atomic E-state index is 12.1. The SMILES string of the molecule is CN(CCC#N)S(=O)(=O)NCc1cccc(OCC(F)(F)F)c1. The largest absolute Gasteiger partial charge is 0.484 e. The summed E-state index contributed by atoms with van der Waals surface area (Å²) in [6.07, 6.45) is -4.39. The van der Waals surface area contributed by atoms with E-state index in [0.29, 0.717) is 5.56 Å². The Balaban J connectivity index is 2.63. The number of nitrogens with one attached hydrogen (secondary N) is 1. The van der Waals surface area contributed by atoms with E-state index in [1.807, 2.05) is 6.07 Å². The zero-order valence-corrected chi connectivity index (χ0v) is 13.1. The average Bonchev–Trinajstić information content (AvgIpc) is 2.48. The van der Waals surface area contributed by atoms with Crippen LogP contribution < -0.4 is 9.46 Å². The molecule has 0 unspecified atom stereocenters. The van der Waals surface area contributed by atoms with Crippen molar-refractivity contribution in [3.8, 4) is 11.8 Å². The molecule has 0 aliphatic heterocycles. The molecule has 0 atom stereocenters. The van der Waals surface area contributed by atoms with Crippen LogP contribution in [0.1, 0.15) is 12.0 Å². The van der Waals surface area contributed by atoms with Crippen molar-refractivity contribution in [1.82, 2.24) is 9.03 Å². The minimum atomic E-state index is -4.44. The molecule has 1 aromatic rings. The third kappa shape index (κ3) is 7.32. The summed E-state index contributed by atoms with van der Waals surface area (Å²) in [6, 6.07) is 7.53. The van der Waals surface area contributed by atoms with Gasteiger partial charge in [-0.05, 0) is 17.7 Å². The average molecular weight is 351 g/mol. The first-order valence-corrected chi connectivity index (χ1v) is 7.94. The van der Waals surface area contributed by atoms with Crippen LogP contribution in [0.5, 0.6) is 5.75 Å². The van der Waals surface area contributed by atoms with Gasteiger partial charge in [0.05, 0.1) is 6.07 Å². The van der Waals surface area contributed by atoms with E-state index in [-0.39, 0.29) is 25.3 Å². The summed E-state index contributed by atoms with van der Waals surface area (Å²) in [5, 5.41) is 8.44. The molecule has 0 saturated carbocycles. The van der Waals surface area contributed by atoms with E-state index in [0.717, 1.165) is 4.31 Å². The molecule has 0 amide bonds. The fourth-order valence-corrected chi connectivity index (χ4v) is 2.42. The summed E-state index contributed by atoms with van der Waals surface area (Å²) in [7, 11) is -2.45. The van der Waals surface area contributed by atoms with Gasteiger partial charge in [-0.3, -0.25) is 0 Å². The normalized spacial score (nSPS) is 12.2. The molecular weight excluding hydrogens is 335 g/mol. The Labute approximate surface area is 132 Å². The van der Waals surface area contributed by atoms with Gasteiger partial charge in [0.1, 0.15) is 5.75 Å². The molecule has 0 spiro atoms. The molecule has 0 bridgehead atoms. The van der Waals surface area contributed by atoms with Gasteiger partial charge >= 0.3 is 6.18 Å². The highest BCUT2D eigenvalue weighted by Gasteiger charge is 2.28. The Morgan fingerprint density at radius 1 is 1.39 bits per heavy atom. The second-order valence-electron chi connectivity index (χ2n) is 4.61. The summed E-state index contributed by atoms with van der Waals surface area (Å²) < 4.78 is 67.9. The molecule has 0 aliphatic rings. The van der Waals surface area contributed by atoms with Crippen LogP contribution in [0.25, 0.3) is 0 Å². The Kier molecular flexibility index (Phi) is 6.80. The van der Waals surface area contributed by atoms with Gasteiger partial charge in [-0.1, -0.05) is 12.1 Å².